The lowest BCUT2D eigenvalue weighted by atomic mass is 9.86. The van der Waals surface area contributed by atoms with Crippen molar-refractivity contribution < 1.29 is 23.8 Å². The van der Waals surface area contributed by atoms with Crippen molar-refractivity contribution >= 4 is 22.8 Å². The number of nitrogens with two attached hydrogens (primary N) is 1. The van der Waals surface area contributed by atoms with Crippen molar-refractivity contribution in [1.82, 2.24) is 14.5 Å². The number of rotatable bonds is 7. The molecule has 2 aliphatic heterocycles. The fourth-order valence-corrected chi connectivity index (χ4v) is 5.58. The molecule has 3 aromatic rings. The zero-order valence-corrected chi connectivity index (χ0v) is 21.8. The normalized spacial score (nSPS) is 17.7. The molecule has 2 aliphatic rings. The Kier molecular flexibility index (Phi) is 6.56. The molecule has 0 aliphatic carbocycles. The number of esters is 1. The van der Waals surface area contributed by atoms with Gasteiger partial charge in [-0.2, -0.15) is 0 Å². The van der Waals surface area contributed by atoms with Crippen LogP contribution in [0.15, 0.2) is 23.0 Å². The number of aromatic nitrogens is 2. The van der Waals surface area contributed by atoms with Crippen molar-refractivity contribution in [2.45, 2.75) is 58.8 Å². The number of carbonyl (C=O) groups is 2. The Morgan fingerprint density at radius 3 is 2.68 bits per heavy atom. The van der Waals surface area contributed by atoms with E-state index in [1.54, 1.807) is 35.4 Å². The van der Waals surface area contributed by atoms with Crippen LogP contribution in [0.5, 0.6) is 0 Å². The Hall–Kier alpha value is -3.63. The molecule has 1 atom stereocenters. The van der Waals surface area contributed by atoms with E-state index in [2.05, 4.69) is 0 Å². The molecule has 5 rings (SSSR count). The molecule has 0 bridgehead atoms. The fourth-order valence-electron chi connectivity index (χ4n) is 5.58. The van der Waals surface area contributed by atoms with Crippen LogP contribution in [-0.4, -0.2) is 51.1 Å². The molecule has 9 nitrogen and oxygen atoms in total. The van der Waals surface area contributed by atoms with Crippen molar-refractivity contribution in [3.8, 4) is 11.4 Å². The first-order chi connectivity index (χ1) is 18.1. The second-order valence-corrected chi connectivity index (χ2v) is 9.97. The highest BCUT2D eigenvalue weighted by atomic mass is 19.1. The third-order valence-electron chi connectivity index (χ3n) is 7.74. The summed E-state index contributed by atoms with van der Waals surface area (Å²) in [4.78, 5) is 45.0. The van der Waals surface area contributed by atoms with Crippen molar-refractivity contribution in [2.75, 3.05) is 19.6 Å². The number of aliphatic hydroxyl groups is 1. The van der Waals surface area contributed by atoms with E-state index in [9.17, 15) is 23.9 Å². The molecule has 1 amide bonds. The van der Waals surface area contributed by atoms with Crippen LogP contribution in [0.1, 0.15) is 54.5 Å². The minimum Gasteiger partial charge on any atom is -0.458 e. The predicted octanol–water partition coefficient (Wildman–Crippen LogP) is 2.27. The van der Waals surface area contributed by atoms with E-state index < -0.39 is 17.4 Å². The van der Waals surface area contributed by atoms with Gasteiger partial charge in [-0.05, 0) is 49.4 Å². The minimum atomic E-state index is -1.93. The number of hydrogen-bond acceptors (Lipinski definition) is 7. The average molecular weight is 523 g/mol. The third-order valence-corrected chi connectivity index (χ3v) is 7.74. The van der Waals surface area contributed by atoms with Crippen LogP contribution in [0.4, 0.5) is 4.39 Å². The number of cyclic esters (lactones) is 1. The molecule has 0 spiro atoms. The Labute approximate surface area is 219 Å². The lowest BCUT2D eigenvalue weighted by Gasteiger charge is -2.31. The summed E-state index contributed by atoms with van der Waals surface area (Å²) in [5, 5.41) is 11.9. The number of halogens is 1. The number of amides is 1. The first-order valence-corrected chi connectivity index (χ1v) is 12.9. The van der Waals surface area contributed by atoms with Crippen LogP contribution < -0.4 is 11.3 Å². The number of pyridine rings is 2. The van der Waals surface area contributed by atoms with Crippen LogP contribution in [0.25, 0.3) is 22.3 Å². The van der Waals surface area contributed by atoms with Crippen molar-refractivity contribution in [3.05, 3.63) is 62.2 Å². The van der Waals surface area contributed by atoms with E-state index in [1.165, 1.54) is 6.07 Å². The number of aryl methyl sites for hydroxylation is 1. The number of carbonyl (C=O) groups excluding carboxylic acids is 2. The summed E-state index contributed by atoms with van der Waals surface area (Å²) in [5.41, 5.74) is 7.32. The maximum absolute atomic E-state index is 14.6. The van der Waals surface area contributed by atoms with Gasteiger partial charge < -0.3 is 25.0 Å². The molecule has 4 heterocycles. The number of ether oxygens (including phenoxy) is 1. The van der Waals surface area contributed by atoms with Gasteiger partial charge in [0.1, 0.15) is 12.4 Å². The van der Waals surface area contributed by atoms with E-state index in [1.807, 2.05) is 6.92 Å². The van der Waals surface area contributed by atoms with Gasteiger partial charge >= 0.3 is 5.97 Å². The highest BCUT2D eigenvalue weighted by molar-refractivity contribution is 5.89. The van der Waals surface area contributed by atoms with Gasteiger partial charge in [0.2, 0.25) is 5.91 Å². The lowest BCUT2D eigenvalue weighted by Crippen LogP contribution is -2.44. The van der Waals surface area contributed by atoms with Gasteiger partial charge in [0.15, 0.2) is 5.60 Å². The molecule has 0 saturated heterocycles. The van der Waals surface area contributed by atoms with E-state index >= 15 is 0 Å². The third kappa shape index (κ3) is 3.90. The van der Waals surface area contributed by atoms with Crippen LogP contribution >= 0.6 is 0 Å². The predicted molar refractivity (Wildman–Crippen MR) is 139 cm³/mol. The molecular weight excluding hydrogens is 491 g/mol. The summed E-state index contributed by atoms with van der Waals surface area (Å²) in [5.74, 6) is -1.34. The molecule has 0 saturated carbocycles. The fraction of sp³-hybridized carbons (Fsp3) is 0.429. The zero-order chi connectivity index (χ0) is 27.4. The Balaban J connectivity index is 1.71. The summed E-state index contributed by atoms with van der Waals surface area (Å²) >= 11 is 0. The maximum Gasteiger partial charge on any atom is 0.343 e. The molecule has 0 radical (unpaired) electrons. The zero-order valence-electron chi connectivity index (χ0n) is 21.8. The Morgan fingerprint density at radius 1 is 1.24 bits per heavy atom. The van der Waals surface area contributed by atoms with E-state index in [0.29, 0.717) is 42.0 Å². The van der Waals surface area contributed by atoms with Crippen molar-refractivity contribution in [3.63, 3.8) is 0 Å². The molecule has 38 heavy (non-hydrogen) atoms. The first-order valence-electron chi connectivity index (χ1n) is 12.9. The largest absolute Gasteiger partial charge is 0.458 e. The summed E-state index contributed by atoms with van der Waals surface area (Å²) in [6.45, 7) is 6.20. The lowest BCUT2D eigenvalue weighted by molar-refractivity contribution is -0.172. The molecule has 200 valence electrons. The molecule has 0 unspecified atom stereocenters. The number of fused-ring (bicyclic) bond motifs is 5. The number of nitrogens with zero attached hydrogens (tertiary/aromatic N) is 3. The topological polar surface area (TPSA) is 128 Å². The molecule has 3 N–H and O–H groups in total. The van der Waals surface area contributed by atoms with Gasteiger partial charge in [-0.1, -0.05) is 13.8 Å². The number of hydrogen-bond donors (Lipinski definition) is 2. The van der Waals surface area contributed by atoms with E-state index in [0.717, 1.165) is 22.9 Å². The minimum absolute atomic E-state index is 0.0396. The maximum atomic E-state index is 14.6. The van der Waals surface area contributed by atoms with Gasteiger partial charge in [-0.15, -0.1) is 0 Å². The molecule has 0 fully saturated rings. The average Bonchev–Trinajstić information content (AvgIpc) is 3.27. The van der Waals surface area contributed by atoms with Gasteiger partial charge in [-0.3, -0.25) is 9.59 Å². The first kappa shape index (κ1) is 26.0. The molecule has 1 aromatic carbocycles. The van der Waals surface area contributed by atoms with Crippen LogP contribution in [0, 0.1) is 12.7 Å². The quantitative estimate of drug-likeness (QED) is 0.357. The highest BCUT2D eigenvalue weighted by Crippen LogP contribution is 2.40. The summed E-state index contributed by atoms with van der Waals surface area (Å²) in [7, 11) is 0. The smallest absolute Gasteiger partial charge is 0.343 e. The summed E-state index contributed by atoms with van der Waals surface area (Å²) in [6.07, 6.45) is 1.28. The molecule has 10 heteroatoms. The Bertz CT molecular complexity index is 1550. The number of benzene rings is 1. The summed E-state index contributed by atoms with van der Waals surface area (Å²) < 4.78 is 21.3. The monoisotopic (exact) mass is 522 g/mol. The second kappa shape index (κ2) is 9.59. The van der Waals surface area contributed by atoms with Gasteiger partial charge in [-0.25, -0.2) is 14.2 Å². The second-order valence-electron chi connectivity index (χ2n) is 9.97. The van der Waals surface area contributed by atoms with Gasteiger partial charge in [0, 0.05) is 35.7 Å². The van der Waals surface area contributed by atoms with E-state index in [4.69, 9.17) is 15.5 Å². The molecular formula is C28H31FN4O5. The van der Waals surface area contributed by atoms with E-state index in [-0.39, 0.29) is 48.7 Å². The standard InChI is InChI=1S/C28H31FN4O5/c1-4-7-32(24(34)12-30)8-6-16-17-9-15(3)21(29)11-22(17)31-25-18(16)13-33-23(25)10-20-19(26(33)35)14-38-27(36)28(20,37)5-2/h9-11,37H,4-8,12-14,30H2,1-3H3/t28-/m0/s1. The van der Waals surface area contributed by atoms with Gasteiger partial charge in [0.25, 0.3) is 5.56 Å². The highest BCUT2D eigenvalue weighted by Gasteiger charge is 2.45. The van der Waals surface area contributed by atoms with Gasteiger partial charge in [0.05, 0.1) is 35.6 Å². The van der Waals surface area contributed by atoms with Crippen LogP contribution in [0.2, 0.25) is 0 Å². The van der Waals surface area contributed by atoms with Crippen LogP contribution in [-0.2, 0) is 39.5 Å². The van der Waals surface area contributed by atoms with Crippen molar-refractivity contribution in [2.24, 2.45) is 5.73 Å². The Morgan fingerprint density at radius 2 is 2.00 bits per heavy atom. The SMILES string of the molecule is CCCN(CCc1c2c(nc3cc(F)c(C)cc13)-c1cc3c(c(=O)n1C2)COC(=O)[C@]3(O)CC)C(=O)CN. The van der Waals surface area contributed by atoms with Crippen LogP contribution in [0.3, 0.4) is 0 Å². The summed E-state index contributed by atoms with van der Waals surface area (Å²) in [6, 6.07) is 4.77. The van der Waals surface area contributed by atoms with Crippen molar-refractivity contribution in [1.29, 1.82) is 0 Å². The molecule has 2 aromatic heterocycles.